The third kappa shape index (κ3) is 8.52. The van der Waals surface area contributed by atoms with Crippen LogP contribution in [0.25, 0.3) is 6.08 Å². The standard InChI is InChI=1S/C38H53N3O/c1-4-5-6-7-8-9-10-11-12-13-14-15-16-17-18-21-29-41-34-25-20-19-24-32(34)38(2,3)36(41)30-40-37-31-23-22-28-39-33(31)26-27-35(37)42/h19-20,22-28,30H,4-18,21,29H2,1-3H3/b36-30+,40-37?. The number of anilines is 1. The Labute approximate surface area is 255 Å². The van der Waals surface area contributed by atoms with Gasteiger partial charge in [0.15, 0.2) is 0 Å². The van der Waals surface area contributed by atoms with Gasteiger partial charge in [-0.25, -0.2) is 0 Å². The van der Waals surface area contributed by atoms with E-state index >= 15 is 0 Å². The highest BCUT2D eigenvalue weighted by molar-refractivity contribution is 6.52. The largest absolute Gasteiger partial charge is 0.343 e. The SMILES string of the molecule is CCCCCCCCCCCCCCCCCCN1/C(=C/N=C2C(=O)C=Cc3ncccc32)C(C)(C)c2ccccc21. The van der Waals surface area contributed by atoms with Crippen molar-refractivity contribution in [1.29, 1.82) is 0 Å². The van der Waals surface area contributed by atoms with Gasteiger partial charge in [0.1, 0.15) is 5.71 Å². The predicted octanol–water partition coefficient (Wildman–Crippen LogP) is 10.4. The molecule has 0 spiro atoms. The van der Waals surface area contributed by atoms with Crippen molar-refractivity contribution in [3.05, 3.63) is 77.4 Å². The Morgan fingerprint density at radius 1 is 0.762 bits per heavy atom. The fourth-order valence-electron chi connectivity index (χ4n) is 6.51. The van der Waals surface area contributed by atoms with E-state index in [0.29, 0.717) is 5.71 Å². The molecule has 1 aliphatic carbocycles. The summed E-state index contributed by atoms with van der Waals surface area (Å²) >= 11 is 0. The van der Waals surface area contributed by atoms with Gasteiger partial charge < -0.3 is 4.90 Å². The molecule has 0 bridgehead atoms. The monoisotopic (exact) mass is 567 g/mol. The van der Waals surface area contributed by atoms with E-state index in [1.54, 1.807) is 18.3 Å². The maximum absolute atomic E-state index is 12.8. The number of hydrogen-bond donors (Lipinski definition) is 0. The number of hydrogen-bond acceptors (Lipinski definition) is 4. The van der Waals surface area contributed by atoms with E-state index < -0.39 is 0 Å². The number of aliphatic imine (C=N–C) groups is 1. The average Bonchev–Trinajstić information content (AvgIpc) is 3.21. The summed E-state index contributed by atoms with van der Waals surface area (Å²) in [5.41, 5.74) is 5.65. The van der Waals surface area contributed by atoms with Crippen LogP contribution < -0.4 is 4.90 Å². The molecule has 226 valence electrons. The van der Waals surface area contributed by atoms with Crippen LogP contribution in [0.1, 0.15) is 140 Å². The van der Waals surface area contributed by atoms with Crippen molar-refractivity contribution in [3.8, 4) is 0 Å². The second kappa shape index (κ2) is 16.6. The Bertz CT molecular complexity index is 1240. The van der Waals surface area contributed by atoms with Crippen LogP contribution in [0, 0.1) is 0 Å². The highest BCUT2D eigenvalue weighted by atomic mass is 16.1. The number of pyridine rings is 1. The van der Waals surface area contributed by atoms with Crippen molar-refractivity contribution in [2.24, 2.45) is 4.99 Å². The number of unbranched alkanes of at least 4 members (excludes halogenated alkanes) is 15. The van der Waals surface area contributed by atoms with Gasteiger partial charge in [-0.15, -0.1) is 0 Å². The number of carbonyl (C=O) groups is 1. The number of allylic oxidation sites excluding steroid dienone is 2. The fraction of sp³-hybridized carbons (Fsp3) is 0.553. The van der Waals surface area contributed by atoms with E-state index in [1.165, 1.54) is 108 Å². The summed E-state index contributed by atoms with van der Waals surface area (Å²) in [6.45, 7) is 7.80. The van der Waals surface area contributed by atoms with Crippen molar-refractivity contribution >= 4 is 23.3 Å². The number of para-hydroxylation sites is 1. The van der Waals surface area contributed by atoms with E-state index in [9.17, 15) is 4.79 Å². The second-order valence-corrected chi connectivity index (χ2v) is 12.7. The third-order valence-electron chi connectivity index (χ3n) is 9.07. The summed E-state index contributed by atoms with van der Waals surface area (Å²) in [6.07, 6.45) is 29.1. The first kappa shape index (κ1) is 31.9. The van der Waals surface area contributed by atoms with Gasteiger partial charge in [-0.1, -0.05) is 135 Å². The van der Waals surface area contributed by atoms with Crippen molar-refractivity contribution in [1.82, 2.24) is 4.98 Å². The molecule has 0 fully saturated rings. The number of ketones is 1. The van der Waals surface area contributed by atoms with Crippen molar-refractivity contribution < 1.29 is 4.79 Å². The van der Waals surface area contributed by atoms with Crippen molar-refractivity contribution in [2.45, 2.75) is 129 Å². The maximum atomic E-state index is 12.8. The normalized spacial score (nSPS) is 17.3. The first-order valence-corrected chi connectivity index (χ1v) is 16.9. The predicted molar refractivity (Wildman–Crippen MR) is 179 cm³/mol. The van der Waals surface area contributed by atoms with Crippen LogP contribution >= 0.6 is 0 Å². The molecule has 2 aliphatic rings. The van der Waals surface area contributed by atoms with Gasteiger partial charge in [-0.3, -0.25) is 14.8 Å². The van der Waals surface area contributed by atoms with Crippen molar-refractivity contribution in [3.63, 3.8) is 0 Å². The quantitative estimate of drug-likeness (QED) is 0.168. The summed E-state index contributed by atoms with van der Waals surface area (Å²) in [4.78, 5) is 24.4. The van der Waals surface area contributed by atoms with Crippen LogP contribution in [-0.4, -0.2) is 23.0 Å². The van der Waals surface area contributed by atoms with Crippen LogP contribution in [0.4, 0.5) is 5.69 Å². The molecule has 0 saturated carbocycles. The summed E-state index contributed by atoms with van der Waals surface area (Å²) < 4.78 is 0. The molecular formula is C38H53N3O. The van der Waals surface area contributed by atoms with Gasteiger partial charge in [0.05, 0.1) is 5.69 Å². The van der Waals surface area contributed by atoms with Crippen molar-refractivity contribution in [2.75, 3.05) is 11.4 Å². The molecule has 2 aromatic rings. The van der Waals surface area contributed by atoms with E-state index in [0.717, 1.165) is 29.9 Å². The Morgan fingerprint density at radius 3 is 2.00 bits per heavy atom. The second-order valence-electron chi connectivity index (χ2n) is 12.7. The fourth-order valence-corrected chi connectivity index (χ4v) is 6.51. The highest BCUT2D eigenvalue weighted by Crippen LogP contribution is 2.47. The zero-order valence-electron chi connectivity index (χ0n) is 26.5. The Morgan fingerprint density at radius 2 is 1.36 bits per heavy atom. The van der Waals surface area contributed by atoms with Crippen LogP contribution in [0.5, 0.6) is 0 Å². The topological polar surface area (TPSA) is 45.6 Å². The van der Waals surface area contributed by atoms with Gasteiger partial charge in [-0.2, -0.15) is 0 Å². The van der Waals surface area contributed by atoms with Crippen LogP contribution in [0.3, 0.4) is 0 Å². The Hall–Kier alpha value is -3.01. The first-order chi connectivity index (χ1) is 20.5. The molecule has 0 N–H and O–H groups in total. The van der Waals surface area contributed by atoms with E-state index in [4.69, 9.17) is 4.99 Å². The van der Waals surface area contributed by atoms with Gasteiger partial charge in [0.25, 0.3) is 0 Å². The lowest BCUT2D eigenvalue weighted by Crippen LogP contribution is -2.27. The first-order valence-electron chi connectivity index (χ1n) is 16.9. The number of aromatic nitrogens is 1. The minimum Gasteiger partial charge on any atom is -0.343 e. The van der Waals surface area contributed by atoms with Crippen LogP contribution in [0.15, 0.2) is 65.6 Å². The molecule has 4 heteroatoms. The smallest absolute Gasteiger partial charge is 0.204 e. The number of rotatable bonds is 18. The molecule has 1 aromatic carbocycles. The summed E-state index contributed by atoms with van der Waals surface area (Å²) in [7, 11) is 0. The van der Waals surface area contributed by atoms with Crippen LogP contribution in [-0.2, 0) is 10.2 Å². The van der Waals surface area contributed by atoms with E-state index in [1.807, 2.05) is 18.3 Å². The Kier molecular flexibility index (Phi) is 12.6. The molecule has 42 heavy (non-hydrogen) atoms. The summed E-state index contributed by atoms with van der Waals surface area (Å²) in [5, 5.41) is 0. The maximum Gasteiger partial charge on any atom is 0.204 e. The molecular weight excluding hydrogens is 514 g/mol. The van der Waals surface area contributed by atoms with E-state index in [2.05, 4.69) is 54.9 Å². The zero-order chi connectivity index (χ0) is 29.6. The molecule has 1 aromatic heterocycles. The molecule has 0 saturated heterocycles. The zero-order valence-corrected chi connectivity index (χ0v) is 26.5. The molecule has 0 radical (unpaired) electrons. The number of nitrogens with zero attached hydrogens (tertiary/aromatic N) is 3. The molecule has 4 rings (SSSR count). The third-order valence-corrected chi connectivity index (χ3v) is 9.07. The molecule has 0 unspecified atom stereocenters. The number of carbonyl (C=O) groups excluding carboxylic acids is 1. The minimum atomic E-state index is -0.180. The Balaban J connectivity index is 1.23. The summed E-state index contributed by atoms with van der Waals surface area (Å²) in [5.74, 6) is -0.0648. The van der Waals surface area contributed by atoms with Gasteiger partial charge >= 0.3 is 0 Å². The lowest BCUT2D eigenvalue weighted by atomic mass is 9.84. The van der Waals surface area contributed by atoms with Gasteiger partial charge in [0.2, 0.25) is 5.78 Å². The number of fused-ring (bicyclic) bond motifs is 2. The van der Waals surface area contributed by atoms with Gasteiger partial charge in [-0.05, 0) is 42.3 Å². The summed E-state index contributed by atoms with van der Waals surface area (Å²) in [6, 6.07) is 12.5. The molecule has 2 heterocycles. The average molecular weight is 568 g/mol. The molecule has 1 aliphatic heterocycles. The molecule has 0 atom stereocenters. The van der Waals surface area contributed by atoms with Crippen LogP contribution in [0.2, 0.25) is 0 Å². The minimum absolute atomic E-state index is 0.0648. The lowest BCUT2D eigenvalue weighted by Gasteiger charge is -2.26. The van der Waals surface area contributed by atoms with Gasteiger partial charge in [0, 0.05) is 41.3 Å². The van der Waals surface area contributed by atoms with E-state index in [-0.39, 0.29) is 11.2 Å². The lowest BCUT2D eigenvalue weighted by molar-refractivity contribution is -0.108. The highest BCUT2D eigenvalue weighted by Gasteiger charge is 2.39. The molecule has 4 nitrogen and oxygen atoms in total. The number of benzene rings is 1. The molecule has 0 amide bonds.